The van der Waals surface area contributed by atoms with Gasteiger partial charge in [0.2, 0.25) is 0 Å². The smallest absolute Gasteiger partial charge is 0.375 e. The zero-order chi connectivity index (χ0) is 12.5. The van der Waals surface area contributed by atoms with Gasteiger partial charge in [-0.15, -0.1) is 0 Å². The number of benzene rings is 1. The van der Waals surface area contributed by atoms with Gasteiger partial charge in [-0.3, -0.25) is 0 Å². The van der Waals surface area contributed by atoms with Crippen molar-refractivity contribution in [1.29, 1.82) is 0 Å². The minimum absolute atomic E-state index is 0.174. The number of alkyl halides is 3. The lowest BCUT2D eigenvalue weighted by molar-refractivity contribution is -0.125. The number of nitrogens with two attached hydrogens (primary N) is 1. The summed E-state index contributed by atoms with van der Waals surface area (Å²) in [7, 11) is 0. The number of nitrogens with zero attached hydrogens (tertiary/aromatic N) is 1. The number of aromatic nitrogens is 1. The summed E-state index contributed by atoms with van der Waals surface area (Å²) in [5, 5.41) is 2.80. The summed E-state index contributed by atoms with van der Waals surface area (Å²) < 4.78 is 36.7. The van der Waals surface area contributed by atoms with Crippen LogP contribution in [0.15, 0.2) is 18.2 Å². The molecule has 0 unspecified atom stereocenters. The van der Waals surface area contributed by atoms with Crippen molar-refractivity contribution < 1.29 is 13.2 Å². The number of rotatable bonds is 3. The Morgan fingerprint density at radius 1 is 1.35 bits per heavy atom. The maximum Gasteiger partial charge on any atom is 0.401 e. The Morgan fingerprint density at radius 3 is 2.82 bits per heavy atom. The molecule has 1 aromatic carbocycles. The van der Waals surface area contributed by atoms with E-state index >= 15 is 0 Å². The lowest BCUT2D eigenvalue weighted by Gasteiger charge is -2.07. The van der Waals surface area contributed by atoms with Crippen LogP contribution in [0.5, 0.6) is 0 Å². The monoisotopic (exact) mass is 261 g/mol. The Kier molecular flexibility index (Phi) is 3.21. The second-order valence-corrected chi connectivity index (χ2v) is 4.64. The van der Waals surface area contributed by atoms with Crippen LogP contribution in [0.2, 0.25) is 0 Å². The van der Waals surface area contributed by atoms with Gasteiger partial charge in [0.05, 0.1) is 16.8 Å². The van der Waals surface area contributed by atoms with E-state index in [9.17, 15) is 13.2 Å². The predicted molar refractivity (Wildman–Crippen MR) is 61.8 cm³/mol. The van der Waals surface area contributed by atoms with Crippen LogP contribution in [0, 0.1) is 0 Å². The van der Waals surface area contributed by atoms with Crippen LogP contribution in [0.25, 0.3) is 10.2 Å². The van der Waals surface area contributed by atoms with Crippen LogP contribution in [0.3, 0.4) is 0 Å². The molecular formula is C10H10F3N3S. The summed E-state index contributed by atoms with van der Waals surface area (Å²) in [6, 6.07) is 5.30. The lowest BCUT2D eigenvalue weighted by atomic mass is 10.2. The minimum Gasteiger partial charge on any atom is -0.375 e. The van der Waals surface area contributed by atoms with Crippen molar-refractivity contribution in [2.45, 2.75) is 12.7 Å². The van der Waals surface area contributed by atoms with E-state index in [1.165, 1.54) is 11.3 Å². The SMILES string of the molecule is Nc1nc2ccc(CNCC(F)(F)F)cc2s1. The van der Waals surface area contributed by atoms with Gasteiger partial charge < -0.3 is 11.1 Å². The first-order valence-electron chi connectivity index (χ1n) is 4.86. The lowest BCUT2D eigenvalue weighted by Crippen LogP contribution is -2.28. The summed E-state index contributed by atoms with van der Waals surface area (Å²) in [4.78, 5) is 4.07. The number of fused-ring (bicyclic) bond motifs is 1. The summed E-state index contributed by atoms with van der Waals surface area (Å²) >= 11 is 1.32. The van der Waals surface area contributed by atoms with Gasteiger partial charge in [-0.25, -0.2) is 4.98 Å². The molecule has 0 aliphatic rings. The predicted octanol–water partition coefficient (Wildman–Crippen LogP) is 2.53. The van der Waals surface area contributed by atoms with Crippen LogP contribution in [0.4, 0.5) is 18.3 Å². The summed E-state index contributed by atoms with van der Waals surface area (Å²) in [6.45, 7) is -0.816. The van der Waals surface area contributed by atoms with Crippen LogP contribution in [0.1, 0.15) is 5.56 Å². The van der Waals surface area contributed by atoms with E-state index in [1.54, 1.807) is 18.2 Å². The van der Waals surface area contributed by atoms with Crippen LogP contribution in [-0.2, 0) is 6.54 Å². The van der Waals surface area contributed by atoms with E-state index < -0.39 is 12.7 Å². The third kappa shape index (κ3) is 3.31. The number of nitrogens with one attached hydrogen (secondary N) is 1. The van der Waals surface area contributed by atoms with Crippen molar-refractivity contribution in [1.82, 2.24) is 10.3 Å². The Morgan fingerprint density at radius 2 is 2.12 bits per heavy atom. The molecule has 0 amide bonds. The molecular weight excluding hydrogens is 251 g/mol. The van der Waals surface area contributed by atoms with Gasteiger partial charge in [-0.2, -0.15) is 13.2 Å². The third-order valence-electron chi connectivity index (χ3n) is 2.12. The normalized spacial score (nSPS) is 12.2. The topological polar surface area (TPSA) is 50.9 Å². The molecule has 92 valence electrons. The second-order valence-electron chi connectivity index (χ2n) is 3.57. The van der Waals surface area contributed by atoms with E-state index in [-0.39, 0.29) is 6.54 Å². The summed E-state index contributed by atoms with van der Waals surface area (Å²) in [5.74, 6) is 0. The highest BCUT2D eigenvalue weighted by atomic mass is 32.1. The van der Waals surface area contributed by atoms with Gasteiger partial charge in [-0.05, 0) is 17.7 Å². The first-order chi connectivity index (χ1) is 7.94. The molecule has 17 heavy (non-hydrogen) atoms. The Balaban J connectivity index is 2.04. The number of anilines is 1. The van der Waals surface area contributed by atoms with Crippen molar-refractivity contribution in [3.05, 3.63) is 23.8 Å². The molecule has 3 nitrogen and oxygen atoms in total. The number of hydrogen-bond acceptors (Lipinski definition) is 4. The van der Waals surface area contributed by atoms with Crippen molar-refractivity contribution in [2.75, 3.05) is 12.3 Å². The number of halogens is 3. The fraction of sp³-hybridized carbons (Fsp3) is 0.300. The number of hydrogen-bond donors (Lipinski definition) is 2. The molecule has 2 rings (SSSR count). The van der Waals surface area contributed by atoms with Crippen LogP contribution in [-0.4, -0.2) is 17.7 Å². The number of nitrogen functional groups attached to an aromatic ring is 1. The van der Waals surface area contributed by atoms with E-state index in [0.29, 0.717) is 5.13 Å². The minimum atomic E-state index is -4.18. The molecule has 0 saturated carbocycles. The molecule has 0 spiro atoms. The average Bonchev–Trinajstić information content (AvgIpc) is 2.55. The average molecular weight is 261 g/mol. The molecule has 0 aliphatic carbocycles. The standard InChI is InChI=1S/C10H10F3N3S/c11-10(12,13)5-15-4-6-1-2-7-8(3-6)17-9(14)16-7/h1-3,15H,4-5H2,(H2,14,16). The van der Waals surface area contributed by atoms with Crippen molar-refractivity contribution in [2.24, 2.45) is 0 Å². The quantitative estimate of drug-likeness (QED) is 0.892. The maximum absolute atomic E-state index is 11.9. The Hall–Kier alpha value is -1.34. The van der Waals surface area contributed by atoms with Gasteiger partial charge in [-0.1, -0.05) is 17.4 Å². The molecule has 2 aromatic rings. The van der Waals surface area contributed by atoms with Crippen molar-refractivity contribution in [3.8, 4) is 0 Å². The molecule has 7 heteroatoms. The van der Waals surface area contributed by atoms with Gasteiger partial charge >= 0.3 is 6.18 Å². The van der Waals surface area contributed by atoms with Crippen LogP contribution < -0.4 is 11.1 Å². The van der Waals surface area contributed by atoms with Gasteiger partial charge in [0.25, 0.3) is 0 Å². The molecule has 3 N–H and O–H groups in total. The molecule has 0 bridgehead atoms. The van der Waals surface area contributed by atoms with E-state index in [0.717, 1.165) is 15.8 Å². The third-order valence-corrected chi connectivity index (χ3v) is 2.97. The highest BCUT2D eigenvalue weighted by molar-refractivity contribution is 7.22. The molecule has 1 aromatic heterocycles. The fourth-order valence-electron chi connectivity index (χ4n) is 1.45. The second kappa shape index (κ2) is 4.50. The molecule has 0 radical (unpaired) electrons. The zero-order valence-electron chi connectivity index (χ0n) is 8.71. The first-order valence-corrected chi connectivity index (χ1v) is 5.68. The molecule has 1 heterocycles. The summed E-state index contributed by atoms with van der Waals surface area (Å²) in [5.41, 5.74) is 7.09. The van der Waals surface area contributed by atoms with E-state index in [2.05, 4.69) is 10.3 Å². The van der Waals surface area contributed by atoms with Crippen molar-refractivity contribution >= 4 is 26.7 Å². The highest BCUT2D eigenvalue weighted by Gasteiger charge is 2.25. The highest BCUT2D eigenvalue weighted by Crippen LogP contribution is 2.24. The Bertz CT molecular complexity index is 521. The molecule has 0 atom stereocenters. The van der Waals surface area contributed by atoms with Gasteiger partial charge in [0.1, 0.15) is 0 Å². The molecule has 0 saturated heterocycles. The summed E-state index contributed by atoms with van der Waals surface area (Å²) in [6.07, 6.45) is -4.18. The Labute approximate surface area is 99.5 Å². The zero-order valence-corrected chi connectivity index (χ0v) is 9.53. The molecule has 0 aliphatic heterocycles. The van der Waals surface area contributed by atoms with Crippen molar-refractivity contribution in [3.63, 3.8) is 0 Å². The van der Waals surface area contributed by atoms with E-state index in [4.69, 9.17) is 5.73 Å². The molecule has 0 fully saturated rings. The van der Waals surface area contributed by atoms with E-state index in [1.807, 2.05) is 0 Å². The van der Waals surface area contributed by atoms with Gasteiger partial charge in [0.15, 0.2) is 5.13 Å². The van der Waals surface area contributed by atoms with Crippen LogP contribution >= 0.6 is 11.3 Å². The van der Waals surface area contributed by atoms with Gasteiger partial charge in [0, 0.05) is 6.54 Å². The number of thiazole rings is 1. The largest absolute Gasteiger partial charge is 0.401 e. The fourth-order valence-corrected chi connectivity index (χ4v) is 2.24. The maximum atomic E-state index is 11.9. The first kappa shape index (κ1) is 12.1.